The molecule has 2 aliphatic carbocycles. The van der Waals surface area contributed by atoms with Crippen molar-refractivity contribution in [3.8, 4) is 0 Å². The fourth-order valence-corrected chi connectivity index (χ4v) is 3.67. The van der Waals surface area contributed by atoms with E-state index in [1.807, 2.05) is 6.92 Å². The molecule has 3 N–H and O–H groups in total. The molecule has 0 aliphatic heterocycles. The second-order valence-electron chi connectivity index (χ2n) is 7.71. The van der Waals surface area contributed by atoms with Crippen LogP contribution in [0.5, 0.6) is 0 Å². The van der Waals surface area contributed by atoms with Gasteiger partial charge in [-0.3, -0.25) is 14.4 Å². The summed E-state index contributed by atoms with van der Waals surface area (Å²) in [4.78, 5) is 36.0. The van der Waals surface area contributed by atoms with Gasteiger partial charge in [-0.2, -0.15) is 0 Å². The number of benzene rings is 1. The van der Waals surface area contributed by atoms with Crippen LogP contribution >= 0.6 is 0 Å². The van der Waals surface area contributed by atoms with E-state index < -0.39 is 11.4 Å². The Labute approximate surface area is 153 Å². The number of rotatable bonds is 6. The Morgan fingerprint density at radius 3 is 2.27 bits per heavy atom. The van der Waals surface area contributed by atoms with Crippen LogP contribution in [-0.2, 0) is 9.59 Å². The molecule has 1 aromatic rings. The second kappa shape index (κ2) is 7.48. The summed E-state index contributed by atoms with van der Waals surface area (Å²) in [7, 11) is 0. The van der Waals surface area contributed by atoms with Crippen molar-refractivity contribution in [1.82, 2.24) is 5.32 Å². The minimum absolute atomic E-state index is 0.0235. The topological polar surface area (TPSA) is 95.5 Å². The van der Waals surface area contributed by atoms with Crippen molar-refractivity contribution in [2.45, 2.75) is 45.4 Å². The number of carbonyl (C=O) groups is 3. The van der Waals surface area contributed by atoms with Gasteiger partial charge in [-0.15, -0.1) is 0 Å². The van der Waals surface area contributed by atoms with Crippen LogP contribution in [-0.4, -0.2) is 29.4 Å². The molecule has 0 bridgehead atoms. The molecule has 26 heavy (non-hydrogen) atoms. The zero-order valence-corrected chi connectivity index (χ0v) is 15.1. The van der Waals surface area contributed by atoms with Crippen LogP contribution < -0.4 is 10.6 Å². The molecule has 0 aromatic heterocycles. The molecule has 2 aliphatic rings. The molecule has 0 radical (unpaired) electrons. The quantitative estimate of drug-likeness (QED) is 0.728. The predicted molar refractivity (Wildman–Crippen MR) is 97.8 cm³/mol. The smallest absolute Gasteiger partial charge is 0.311 e. The number of carboxylic acids is 1. The number of carbonyl (C=O) groups excluding carboxylic acids is 2. The van der Waals surface area contributed by atoms with Crippen molar-refractivity contribution in [3.05, 3.63) is 29.8 Å². The Bertz CT molecular complexity index is 692. The SMILES string of the molecule is CC1CC1C(=O)Nc1ccc(C(=O)NCC2(C(=O)O)CCCCC2)cc1. The largest absolute Gasteiger partial charge is 0.481 e. The Morgan fingerprint density at radius 2 is 1.73 bits per heavy atom. The van der Waals surface area contributed by atoms with Crippen molar-refractivity contribution in [3.63, 3.8) is 0 Å². The van der Waals surface area contributed by atoms with E-state index in [4.69, 9.17) is 0 Å². The van der Waals surface area contributed by atoms with Gasteiger partial charge < -0.3 is 15.7 Å². The van der Waals surface area contributed by atoms with Gasteiger partial charge in [0.05, 0.1) is 5.41 Å². The lowest BCUT2D eigenvalue weighted by atomic mass is 9.74. The van der Waals surface area contributed by atoms with Crippen LogP contribution in [0.3, 0.4) is 0 Å². The van der Waals surface area contributed by atoms with Crippen LogP contribution in [0.25, 0.3) is 0 Å². The van der Waals surface area contributed by atoms with Gasteiger partial charge in [-0.25, -0.2) is 0 Å². The lowest BCUT2D eigenvalue weighted by Crippen LogP contribution is -2.44. The number of carboxylic acid groups (broad SMARTS) is 1. The molecule has 2 unspecified atom stereocenters. The summed E-state index contributed by atoms with van der Waals surface area (Å²) in [5.41, 5.74) is 0.280. The Morgan fingerprint density at radius 1 is 1.12 bits per heavy atom. The van der Waals surface area contributed by atoms with Gasteiger partial charge in [0.2, 0.25) is 5.91 Å². The lowest BCUT2D eigenvalue weighted by molar-refractivity contribution is -0.150. The van der Waals surface area contributed by atoms with Crippen LogP contribution in [0.15, 0.2) is 24.3 Å². The number of nitrogens with one attached hydrogen (secondary N) is 2. The monoisotopic (exact) mass is 358 g/mol. The fourth-order valence-electron chi connectivity index (χ4n) is 3.67. The van der Waals surface area contributed by atoms with Gasteiger partial charge in [-0.1, -0.05) is 26.2 Å². The molecule has 0 saturated heterocycles. The van der Waals surface area contributed by atoms with E-state index in [0.29, 0.717) is 30.0 Å². The third-order valence-electron chi connectivity index (χ3n) is 5.71. The van der Waals surface area contributed by atoms with Gasteiger partial charge >= 0.3 is 5.97 Å². The highest BCUT2D eigenvalue weighted by Crippen LogP contribution is 2.38. The summed E-state index contributed by atoms with van der Waals surface area (Å²) in [6.45, 7) is 2.20. The Kier molecular flexibility index (Phi) is 5.30. The highest BCUT2D eigenvalue weighted by Gasteiger charge is 2.40. The zero-order valence-electron chi connectivity index (χ0n) is 15.1. The molecule has 2 fully saturated rings. The highest BCUT2D eigenvalue weighted by molar-refractivity contribution is 5.97. The van der Waals surface area contributed by atoms with Crippen LogP contribution in [0.4, 0.5) is 5.69 Å². The van der Waals surface area contributed by atoms with E-state index >= 15 is 0 Å². The van der Waals surface area contributed by atoms with Gasteiger partial charge in [0.25, 0.3) is 5.91 Å². The number of anilines is 1. The molecule has 0 heterocycles. The lowest BCUT2D eigenvalue weighted by Gasteiger charge is -2.33. The number of hydrogen-bond donors (Lipinski definition) is 3. The zero-order chi connectivity index (χ0) is 18.7. The maximum atomic E-state index is 12.4. The van der Waals surface area contributed by atoms with Crippen molar-refractivity contribution in [1.29, 1.82) is 0 Å². The predicted octanol–water partition coefficient (Wildman–Crippen LogP) is 3.05. The molecule has 0 spiro atoms. The molecule has 6 heteroatoms. The summed E-state index contributed by atoms with van der Waals surface area (Å²) < 4.78 is 0. The second-order valence-corrected chi connectivity index (χ2v) is 7.71. The molecule has 140 valence electrons. The molecule has 2 amide bonds. The maximum Gasteiger partial charge on any atom is 0.311 e. The number of amides is 2. The van der Waals surface area contributed by atoms with Gasteiger partial charge in [-0.05, 0) is 49.4 Å². The van der Waals surface area contributed by atoms with Gasteiger partial charge in [0.1, 0.15) is 0 Å². The summed E-state index contributed by atoms with van der Waals surface area (Å²) in [6, 6.07) is 6.70. The van der Waals surface area contributed by atoms with Crippen molar-refractivity contribution < 1.29 is 19.5 Å². The number of aliphatic carboxylic acids is 1. The van der Waals surface area contributed by atoms with Gasteiger partial charge in [0, 0.05) is 23.7 Å². The van der Waals surface area contributed by atoms with Crippen molar-refractivity contribution in [2.75, 3.05) is 11.9 Å². The third-order valence-corrected chi connectivity index (χ3v) is 5.71. The van der Waals surface area contributed by atoms with Crippen molar-refractivity contribution in [2.24, 2.45) is 17.3 Å². The summed E-state index contributed by atoms with van der Waals surface area (Å²) in [6.07, 6.45) is 4.96. The molecule has 6 nitrogen and oxygen atoms in total. The highest BCUT2D eigenvalue weighted by atomic mass is 16.4. The molecular formula is C20H26N2O4. The third kappa shape index (κ3) is 4.06. The summed E-state index contributed by atoms with van der Waals surface area (Å²) in [5, 5.41) is 15.2. The number of hydrogen-bond acceptors (Lipinski definition) is 3. The van der Waals surface area contributed by atoms with Crippen LogP contribution in [0, 0.1) is 17.3 Å². The van der Waals surface area contributed by atoms with E-state index in [2.05, 4.69) is 10.6 Å². The van der Waals surface area contributed by atoms with Crippen LogP contribution in [0.1, 0.15) is 55.8 Å². The minimum atomic E-state index is -0.844. The molecule has 2 saturated carbocycles. The first-order valence-corrected chi connectivity index (χ1v) is 9.34. The fraction of sp³-hybridized carbons (Fsp3) is 0.550. The van der Waals surface area contributed by atoms with E-state index in [-0.39, 0.29) is 24.3 Å². The summed E-state index contributed by atoms with van der Waals surface area (Å²) >= 11 is 0. The normalized spacial score (nSPS) is 23.7. The standard InChI is InChI=1S/C20H26N2O4/c1-13-11-16(13)18(24)22-15-7-5-14(6-8-15)17(23)21-12-20(19(25)26)9-3-2-4-10-20/h5-8,13,16H,2-4,9-12H2,1H3,(H,21,23)(H,22,24)(H,25,26). The first-order chi connectivity index (χ1) is 12.4. The maximum absolute atomic E-state index is 12.4. The average molecular weight is 358 g/mol. The molecule has 2 atom stereocenters. The minimum Gasteiger partial charge on any atom is -0.481 e. The first kappa shape index (κ1) is 18.4. The summed E-state index contributed by atoms with van der Waals surface area (Å²) in [5.74, 6) is -0.549. The van der Waals surface area contributed by atoms with E-state index in [0.717, 1.165) is 25.7 Å². The molecule has 3 rings (SSSR count). The molecular weight excluding hydrogens is 332 g/mol. The van der Waals surface area contributed by atoms with E-state index in [9.17, 15) is 19.5 Å². The Balaban J connectivity index is 1.56. The van der Waals surface area contributed by atoms with Gasteiger partial charge in [0.15, 0.2) is 0 Å². The van der Waals surface area contributed by atoms with Crippen LogP contribution in [0.2, 0.25) is 0 Å². The Hall–Kier alpha value is -2.37. The first-order valence-electron chi connectivity index (χ1n) is 9.34. The van der Waals surface area contributed by atoms with E-state index in [1.54, 1.807) is 24.3 Å². The van der Waals surface area contributed by atoms with E-state index in [1.165, 1.54) is 0 Å². The average Bonchev–Trinajstić information content (AvgIpc) is 3.38. The molecule has 1 aromatic carbocycles. The van der Waals surface area contributed by atoms with Crippen molar-refractivity contribution >= 4 is 23.5 Å².